The van der Waals surface area contributed by atoms with Gasteiger partial charge in [-0.05, 0) is 43.2 Å². The van der Waals surface area contributed by atoms with Crippen molar-refractivity contribution in [2.45, 2.75) is 19.4 Å². The average molecular weight is 302 g/mol. The Hall–Kier alpha value is -2.63. The standard InChI is InChI=1S/C16H15FN2O3/c17-11-3-1-4-12(9-11)19-15(21)16(6-7-16)14(20)18-10-13-5-2-8-22-13/h1-5,8-9H,6-7,10H2,(H,18,20)(H,19,21). The molecule has 0 radical (unpaired) electrons. The van der Waals surface area contributed by atoms with Gasteiger partial charge in [-0.2, -0.15) is 0 Å². The number of halogens is 1. The summed E-state index contributed by atoms with van der Waals surface area (Å²) in [6.45, 7) is 0.237. The molecule has 2 amide bonds. The van der Waals surface area contributed by atoms with Gasteiger partial charge in [0.2, 0.25) is 11.8 Å². The van der Waals surface area contributed by atoms with Crippen LogP contribution in [0.1, 0.15) is 18.6 Å². The van der Waals surface area contributed by atoms with Gasteiger partial charge in [-0.3, -0.25) is 9.59 Å². The van der Waals surface area contributed by atoms with Crippen LogP contribution in [-0.2, 0) is 16.1 Å². The second-order valence-electron chi connectivity index (χ2n) is 5.31. The number of furan rings is 1. The van der Waals surface area contributed by atoms with Crippen molar-refractivity contribution in [2.24, 2.45) is 5.41 Å². The number of carbonyl (C=O) groups excluding carboxylic acids is 2. The molecule has 0 aliphatic heterocycles. The molecule has 114 valence electrons. The third kappa shape index (κ3) is 2.86. The van der Waals surface area contributed by atoms with Crippen molar-refractivity contribution in [1.82, 2.24) is 5.32 Å². The third-order valence-electron chi connectivity index (χ3n) is 3.71. The molecule has 6 heteroatoms. The van der Waals surface area contributed by atoms with Gasteiger partial charge in [0.25, 0.3) is 0 Å². The summed E-state index contributed by atoms with van der Waals surface area (Å²) in [5, 5.41) is 5.29. The van der Waals surface area contributed by atoms with E-state index in [1.54, 1.807) is 18.2 Å². The van der Waals surface area contributed by atoms with E-state index in [1.165, 1.54) is 24.5 Å². The number of amides is 2. The van der Waals surface area contributed by atoms with Gasteiger partial charge in [-0.25, -0.2) is 4.39 Å². The first-order chi connectivity index (χ1) is 10.6. The highest BCUT2D eigenvalue weighted by Crippen LogP contribution is 2.46. The molecule has 1 saturated carbocycles. The van der Waals surface area contributed by atoms with E-state index in [9.17, 15) is 14.0 Å². The number of anilines is 1. The molecule has 0 atom stereocenters. The molecular formula is C16H15FN2O3. The molecular weight excluding hydrogens is 287 g/mol. The maximum atomic E-state index is 13.1. The lowest BCUT2D eigenvalue weighted by molar-refractivity contribution is -0.134. The zero-order chi connectivity index (χ0) is 15.6. The topological polar surface area (TPSA) is 71.3 Å². The molecule has 1 aliphatic rings. The molecule has 0 unspecified atom stereocenters. The minimum atomic E-state index is -1.06. The predicted octanol–water partition coefficient (Wildman–Crippen LogP) is 2.45. The second kappa shape index (κ2) is 5.63. The number of rotatable bonds is 5. The molecule has 1 aromatic heterocycles. The minimum Gasteiger partial charge on any atom is -0.467 e. The third-order valence-corrected chi connectivity index (χ3v) is 3.71. The molecule has 5 nitrogen and oxygen atoms in total. The second-order valence-corrected chi connectivity index (χ2v) is 5.31. The highest BCUT2D eigenvalue weighted by Gasteiger charge is 2.56. The van der Waals surface area contributed by atoms with Crippen LogP contribution in [0.2, 0.25) is 0 Å². The van der Waals surface area contributed by atoms with E-state index in [0.717, 1.165) is 0 Å². The molecule has 2 N–H and O–H groups in total. The highest BCUT2D eigenvalue weighted by molar-refractivity contribution is 6.13. The van der Waals surface area contributed by atoms with E-state index >= 15 is 0 Å². The van der Waals surface area contributed by atoms with Crippen molar-refractivity contribution in [3.05, 3.63) is 54.2 Å². The van der Waals surface area contributed by atoms with Crippen molar-refractivity contribution < 1.29 is 18.4 Å². The first kappa shape index (κ1) is 14.3. The first-order valence-electron chi connectivity index (χ1n) is 6.98. The Morgan fingerprint density at radius 3 is 2.64 bits per heavy atom. The minimum absolute atomic E-state index is 0.237. The van der Waals surface area contributed by atoms with Crippen LogP contribution in [0.4, 0.5) is 10.1 Å². The van der Waals surface area contributed by atoms with E-state index in [-0.39, 0.29) is 12.5 Å². The summed E-state index contributed by atoms with van der Waals surface area (Å²) in [5.74, 6) is -0.563. The Balaban J connectivity index is 1.62. The molecule has 3 rings (SSSR count). The van der Waals surface area contributed by atoms with Crippen LogP contribution < -0.4 is 10.6 Å². The van der Waals surface area contributed by atoms with E-state index in [0.29, 0.717) is 24.3 Å². The summed E-state index contributed by atoms with van der Waals surface area (Å²) < 4.78 is 18.3. The van der Waals surface area contributed by atoms with Crippen molar-refractivity contribution in [1.29, 1.82) is 0 Å². The van der Waals surface area contributed by atoms with E-state index in [1.807, 2.05) is 0 Å². The monoisotopic (exact) mass is 302 g/mol. The number of hydrogen-bond acceptors (Lipinski definition) is 3. The molecule has 1 aliphatic carbocycles. The van der Waals surface area contributed by atoms with Crippen molar-refractivity contribution in [2.75, 3.05) is 5.32 Å². The fourth-order valence-electron chi connectivity index (χ4n) is 2.25. The summed E-state index contributed by atoms with van der Waals surface area (Å²) in [6.07, 6.45) is 2.49. The molecule has 1 aromatic carbocycles. The van der Waals surface area contributed by atoms with Crippen LogP contribution in [0.5, 0.6) is 0 Å². The molecule has 0 spiro atoms. The molecule has 1 heterocycles. The lowest BCUT2D eigenvalue weighted by Gasteiger charge is -2.15. The summed E-state index contributed by atoms with van der Waals surface area (Å²) in [7, 11) is 0. The van der Waals surface area contributed by atoms with E-state index < -0.39 is 17.1 Å². The fourth-order valence-corrected chi connectivity index (χ4v) is 2.25. The van der Waals surface area contributed by atoms with Crippen LogP contribution in [0.25, 0.3) is 0 Å². The molecule has 2 aromatic rings. The smallest absolute Gasteiger partial charge is 0.240 e. The van der Waals surface area contributed by atoms with Crippen LogP contribution in [0.15, 0.2) is 47.1 Å². The van der Waals surface area contributed by atoms with Crippen LogP contribution >= 0.6 is 0 Å². The summed E-state index contributed by atoms with van der Waals surface area (Å²) in [4.78, 5) is 24.5. The van der Waals surface area contributed by atoms with Crippen molar-refractivity contribution in [3.8, 4) is 0 Å². The first-order valence-corrected chi connectivity index (χ1v) is 6.98. The van der Waals surface area contributed by atoms with Gasteiger partial charge in [0.1, 0.15) is 17.0 Å². The number of benzene rings is 1. The number of carbonyl (C=O) groups is 2. The van der Waals surface area contributed by atoms with Crippen LogP contribution in [-0.4, -0.2) is 11.8 Å². The highest BCUT2D eigenvalue weighted by atomic mass is 19.1. The Morgan fingerprint density at radius 1 is 1.18 bits per heavy atom. The van der Waals surface area contributed by atoms with Crippen LogP contribution in [0, 0.1) is 11.2 Å². The number of nitrogens with one attached hydrogen (secondary N) is 2. The molecule has 1 fully saturated rings. The summed E-state index contributed by atoms with van der Waals surface area (Å²) in [6, 6.07) is 9.06. The lowest BCUT2D eigenvalue weighted by atomic mass is 10.0. The Labute approximate surface area is 126 Å². The summed E-state index contributed by atoms with van der Waals surface area (Å²) >= 11 is 0. The largest absolute Gasteiger partial charge is 0.467 e. The molecule has 0 bridgehead atoms. The van der Waals surface area contributed by atoms with Crippen LogP contribution in [0.3, 0.4) is 0 Å². The van der Waals surface area contributed by atoms with Gasteiger partial charge in [0.15, 0.2) is 0 Å². The Bertz CT molecular complexity index is 693. The SMILES string of the molecule is O=C(NCc1ccco1)C1(C(=O)Nc2cccc(F)c2)CC1. The maximum absolute atomic E-state index is 13.1. The van der Waals surface area contributed by atoms with E-state index in [4.69, 9.17) is 4.42 Å². The van der Waals surface area contributed by atoms with Gasteiger partial charge in [-0.1, -0.05) is 6.07 Å². The quantitative estimate of drug-likeness (QED) is 0.833. The van der Waals surface area contributed by atoms with Crippen molar-refractivity contribution in [3.63, 3.8) is 0 Å². The van der Waals surface area contributed by atoms with E-state index in [2.05, 4.69) is 10.6 Å². The maximum Gasteiger partial charge on any atom is 0.240 e. The average Bonchev–Trinajstić information content (AvgIpc) is 3.15. The predicted molar refractivity (Wildman–Crippen MR) is 77.3 cm³/mol. The summed E-state index contributed by atoms with van der Waals surface area (Å²) in [5.41, 5.74) is -0.714. The lowest BCUT2D eigenvalue weighted by Crippen LogP contribution is -2.39. The Kier molecular flexibility index (Phi) is 3.66. The van der Waals surface area contributed by atoms with Crippen molar-refractivity contribution >= 4 is 17.5 Å². The molecule has 22 heavy (non-hydrogen) atoms. The van der Waals surface area contributed by atoms with Gasteiger partial charge in [0.05, 0.1) is 12.8 Å². The van der Waals surface area contributed by atoms with Gasteiger partial charge >= 0.3 is 0 Å². The van der Waals surface area contributed by atoms with Gasteiger partial charge in [0, 0.05) is 5.69 Å². The normalized spacial score (nSPS) is 15.1. The zero-order valence-corrected chi connectivity index (χ0v) is 11.8. The van der Waals surface area contributed by atoms with Gasteiger partial charge < -0.3 is 15.1 Å². The Morgan fingerprint density at radius 2 is 2.00 bits per heavy atom. The number of hydrogen-bond donors (Lipinski definition) is 2. The van der Waals surface area contributed by atoms with Gasteiger partial charge in [-0.15, -0.1) is 0 Å². The molecule has 0 saturated heterocycles. The fraction of sp³-hybridized carbons (Fsp3) is 0.250. The zero-order valence-electron chi connectivity index (χ0n) is 11.8.